The van der Waals surface area contributed by atoms with Gasteiger partial charge in [-0.3, -0.25) is 4.79 Å². The van der Waals surface area contributed by atoms with Crippen LogP contribution in [-0.2, 0) is 0 Å². The average Bonchev–Trinajstić information content (AvgIpc) is 3.14. The number of fused-ring (bicyclic) bond motifs is 1. The highest BCUT2D eigenvalue weighted by Gasteiger charge is 2.56. The Bertz CT molecular complexity index is 694. The Balaban J connectivity index is 1.92. The molecule has 2 fully saturated rings. The molecule has 4 rings (SSSR count). The topological polar surface area (TPSA) is 22.0 Å². The summed E-state index contributed by atoms with van der Waals surface area (Å²) in [6, 6.07) is 8.69. The van der Waals surface area contributed by atoms with Crippen LogP contribution in [0, 0.1) is 12.3 Å². The second-order valence-electron chi connectivity index (χ2n) is 6.04. The van der Waals surface area contributed by atoms with E-state index in [9.17, 15) is 4.79 Å². The van der Waals surface area contributed by atoms with Crippen LogP contribution >= 0.6 is 0 Å². The van der Waals surface area contributed by atoms with Crippen molar-refractivity contribution in [3.05, 3.63) is 46.4 Å². The zero-order chi connectivity index (χ0) is 12.3. The van der Waals surface area contributed by atoms with Crippen molar-refractivity contribution in [1.29, 1.82) is 0 Å². The molecule has 2 heteroatoms. The van der Waals surface area contributed by atoms with Crippen molar-refractivity contribution in [2.75, 3.05) is 0 Å². The molecule has 0 aliphatic heterocycles. The Morgan fingerprint density at radius 1 is 1.22 bits per heavy atom. The summed E-state index contributed by atoms with van der Waals surface area (Å²) in [7, 11) is 0. The smallest absolute Gasteiger partial charge is 0.258 e. The van der Waals surface area contributed by atoms with Crippen LogP contribution in [0.25, 0.3) is 10.8 Å². The summed E-state index contributed by atoms with van der Waals surface area (Å²) in [5.74, 6) is 0. The van der Waals surface area contributed by atoms with Crippen LogP contribution in [0.5, 0.6) is 0 Å². The molecule has 1 heterocycles. The van der Waals surface area contributed by atoms with Gasteiger partial charge >= 0.3 is 0 Å². The first kappa shape index (κ1) is 10.4. The number of aryl methyl sites for hydroxylation is 1. The molecule has 2 aliphatic carbocycles. The van der Waals surface area contributed by atoms with E-state index >= 15 is 0 Å². The summed E-state index contributed by atoms with van der Waals surface area (Å²) >= 11 is 0. The van der Waals surface area contributed by atoms with Crippen LogP contribution in [-0.4, -0.2) is 4.57 Å². The van der Waals surface area contributed by atoms with Gasteiger partial charge in [0.25, 0.3) is 5.56 Å². The number of benzene rings is 1. The molecule has 2 aliphatic rings. The summed E-state index contributed by atoms with van der Waals surface area (Å²) in [6.45, 7) is 2.04. The molecule has 1 spiro atoms. The number of nitrogens with zero attached hydrogens (tertiary/aromatic N) is 1. The fourth-order valence-corrected chi connectivity index (χ4v) is 3.47. The molecule has 1 unspecified atom stereocenters. The highest BCUT2D eigenvalue weighted by atomic mass is 16.1. The molecule has 1 atom stereocenters. The third-order valence-electron chi connectivity index (χ3n) is 4.94. The first-order valence-electron chi connectivity index (χ1n) is 6.81. The molecule has 0 N–H and O–H groups in total. The Morgan fingerprint density at radius 2 is 2.06 bits per heavy atom. The van der Waals surface area contributed by atoms with E-state index in [4.69, 9.17) is 0 Å². The van der Waals surface area contributed by atoms with Gasteiger partial charge < -0.3 is 4.57 Å². The molecule has 2 aromatic rings. The van der Waals surface area contributed by atoms with Crippen molar-refractivity contribution in [2.45, 2.75) is 38.6 Å². The minimum atomic E-state index is 0.201. The van der Waals surface area contributed by atoms with Gasteiger partial charge in [-0.25, -0.2) is 0 Å². The number of hydrogen-bond acceptors (Lipinski definition) is 1. The van der Waals surface area contributed by atoms with Gasteiger partial charge in [-0.1, -0.05) is 17.7 Å². The second-order valence-corrected chi connectivity index (χ2v) is 6.04. The van der Waals surface area contributed by atoms with Gasteiger partial charge in [0.2, 0.25) is 0 Å². The molecule has 18 heavy (non-hydrogen) atoms. The van der Waals surface area contributed by atoms with Crippen LogP contribution in [0.2, 0.25) is 0 Å². The Labute approximate surface area is 106 Å². The Hall–Kier alpha value is -1.57. The van der Waals surface area contributed by atoms with E-state index in [1.165, 1.54) is 25.7 Å². The predicted molar refractivity (Wildman–Crippen MR) is 72.9 cm³/mol. The third-order valence-corrected chi connectivity index (χ3v) is 4.94. The quantitative estimate of drug-likeness (QED) is 0.747. The first-order chi connectivity index (χ1) is 8.70. The Morgan fingerprint density at radius 3 is 2.72 bits per heavy atom. The normalized spacial score (nSPS) is 24.2. The molecule has 92 valence electrons. The van der Waals surface area contributed by atoms with E-state index < -0.39 is 0 Å². The maximum absolute atomic E-state index is 12.6. The van der Waals surface area contributed by atoms with E-state index in [1.807, 2.05) is 29.8 Å². The van der Waals surface area contributed by atoms with Gasteiger partial charge in [-0.05, 0) is 55.5 Å². The molecule has 0 bridgehead atoms. The number of hydrogen-bond donors (Lipinski definition) is 0. The number of aromatic nitrogens is 1. The summed E-state index contributed by atoms with van der Waals surface area (Å²) < 4.78 is 2.00. The minimum absolute atomic E-state index is 0.201. The van der Waals surface area contributed by atoms with Crippen LogP contribution in [0.1, 0.15) is 37.3 Å². The molecule has 0 amide bonds. The van der Waals surface area contributed by atoms with Gasteiger partial charge in [0, 0.05) is 17.6 Å². The monoisotopic (exact) mass is 239 g/mol. The molecule has 0 saturated heterocycles. The molecule has 1 aromatic heterocycles. The van der Waals surface area contributed by atoms with E-state index in [-0.39, 0.29) is 5.56 Å². The van der Waals surface area contributed by atoms with E-state index in [1.54, 1.807) is 0 Å². The van der Waals surface area contributed by atoms with E-state index in [2.05, 4.69) is 12.1 Å². The zero-order valence-corrected chi connectivity index (χ0v) is 10.6. The van der Waals surface area contributed by atoms with Gasteiger partial charge in [0.05, 0.1) is 0 Å². The lowest BCUT2D eigenvalue weighted by Gasteiger charge is -2.38. The molecule has 2 nitrogen and oxygen atoms in total. The summed E-state index contributed by atoms with van der Waals surface area (Å²) in [6.07, 6.45) is 7.13. The lowest BCUT2D eigenvalue weighted by Crippen LogP contribution is -2.36. The van der Waals surface area contributed by atoms with Crippen LogP contribution in [0.4, 0.5) is 0 Å². The SMILES string of the molecule is Cc1ccc2ccn(C3CCC34CC4)c(=O)c2c1. The summed E-state index contributed by atoms with van der Waals surface area (Å²) in [5.41, 5.74) is 1.86. The fourth-order valence-electron chi connectivity index (χ4n) is 3.47. The number of rotatable bonds is 1. The van der Waals surface area contributed by atoms with Gasteiger partial charge in [0.15, 0.2) is 0 Å². The van der Waals surface area contributed by atoms with Gasteiger partial charge in [-0.15, -0.1) is 0 Å². The lowest BCUT2D eigenvalue weighted by molar-refractivity contribution is 0.152. The summed E-state index contributed by atoms with van der Waals surface area (Å²) in [5, 5.41) is 1.94. The molecular formula is C16H17NO. The number of pyridine rings is 1. The Kier molecular flexibility index (Phi) is 1.87. The highest BCUT2D eigenvalue weighted by Crippen LogP contribution is 2.66. The van der Waals surface area contributed by atoms with Crippen molar-refractivity contribution >= 4 is 10.8 Å². The van der Waals surface area contributed by atoms with Gasteiger partial charge in [-0.2, -0.15) is 0 Å². The molecule has 1 aromatic carbocycles. The summed E-state index contributed by atoms with van der Waals surface area (Å²) in [4.78, 5) is 12.6. The van der Waals surface area contributed by atoms with Crippen molar-refractivity contribution in [3.63, 3.8) is 0 Å². The van der Waals surface area contributed by atoms with Gasteiger partial charge in [0.1, 0.15) is 0 Å². The van der Waals surface area contributed by atoms with Crippen molar-refractivity contribution in [2.24, 2.45) is 5.41 Å². The molecule has 2 saturated carbocycles. The third kappa shape index (κ3) is 1.26. The van der Waals surface area contributed by atoms with Crippen LogP contribution in [0.3, 0.4) is 0 Å². The fraction of sp³-hybridized carbons (Fsp3) is 0.438. The second kappa shape index (κ2) is 3.25. The first-order valence-corrected chi connectivity index (χ1v) is 6.81. The predicted octanol–water partition coefficient (Wildman–Crippen LogP) is 3.43. The van der Waals surface area contributed by atoms with E-state index in [0.29, 0.717) is 11.5 Å². The van der Waals surface area contributed by atoms with Crippen molar-refractivity contribution in [1.82, 2.24) is 4.57 Å². The average molecular weight is 239 g/mol. The maximum Gasteiger partial charge on any atom is 0.258 e. The van der Waals surface area contributed by atoms with E-state index in [0.717, 1.165) is 16.3 Å². The molecular weight excluding hydrogens is 222 g/mol. The van der Waals surface area contributed by atoms with Crippen molar-refractivity contribution < 1.29 is 0 Å². The van der Waals surface area contributed by atoms with Crippen LogP contribution < -0.4 is 5.56 Å². The highest BCUT2D eigenvalue weighted by molar-refractivity contribution is 5.82. The maximum atomic E-state index is 12.6. The van der Waals surface area contributed by atoms with Crippen molar-refractivity contribution in [3.8, 4) is 0 Å². The zero-order valence-electron chi connectivity index (χ0n) is 10.6. The van der Waals surface area contributed by atoms with Crippen LogP contribution in [0.15, 0.2) is 35.3 Å². The molecule has 0 radical (unpaired) electrons. The standard InChI is InChI=1S/C16H17NO/c1-11-2-3-12-5-9-17(15(18)13(12)10-11)14-4-6-16(14)7-8-16/h2-3,5,9-10,14H,4,6-8H2,1H3. The largest absolute Gasteiger partial charge is 0.311 e. The minimum Gasteiger partial charge on any atom is -0.311 e. The lowest BCUT2D eigenvalue weighted by atomic mass is 9.76.